The summed E-state index contributed by atoms with van der Waals surface area (Å²) in [7, 11) is 1.36. The van der Waals surface area contributed by atoms with Crippen LogP contribution in [0.3, 0.4) is 0 Å². The molecule has 1 aromatic rings. The lowest BCUT2D eigenvalue weighted by atomic mass is 10.2. The third-order valence-corrected chi connectivity index (χ3v) is 4.46. The van der Waals surface area contributed by atoms with Crippen molar-refractivity contribution in [3.63, 3.8) is 0 Å². The first-order valence-electron chi connectivity index (χ1n) is 9.01. The Morgan fingerprint density at radius 1 is 1.08 bits per heavy atom. The molecule has 26 heavy (non-hydrogen) atoms. The van der Waals surface area contributed by atoms with Gasteiger partial charge in [0.1, 0.15) is 0 Å². The van der Waals surface area contributed by atoms with Gasteiger partial charge in [-0.2, -0.15) is 0 Å². The Balaban J connectivity index is 2.66. The van der Waals surface area contributed by atoms with E-state index < -0.39 is 0 Å². The Kier molecular flexibility index (Phi) is 10.7. The molecule has 0 radical (unpaired) electrons. The molecule has 0 unspecified atom stereocenters. The second kappa shape index (κ2) is 12.5. The average Bonchev–Trinajstić information content (AvgIpc) is 2.66. The molecular formula is C20H29ClN2O3. The lowest BCUT2D eigenvalue weighted by Gasteiger charge is -2.23. The van der Waals surface area contributed by atoms with Crippen LogP contribution in [-0.4, -0.2) is 61.5 Å². The minimum atomic E-state index is -0.312. The molecule has 0 atom stereocenters. The number of ether oxygens (including phenoxy) is 1. The van der Waals surface area contributed by atoms with Crippen LogP contribution < -0.4 is 0 Å². The standard InChI is InChI=1S/C20H29ClN2O3/c1-4-22(5-2)14-6-15-23(16-13-20(25)26-3)19(24)12-9-17-7-10-18(21)11-8-17/h7-12H,4-6,13-16H2,1-3H3/b12-9+. The summed E-state index contributed by atoms with van der Waals surface area (Å²) in [6.45, 7) is 8.12. The van der Waals surface area contributed by atoms with Crippen LogP contribution in [0.1, 0.15) is 32.3 Å². The van der Waals surface area contributed by atoms with Crippen LogP contribution in [0.5, 0.6) is 0 Å². The smallest absolute Gasteiger partial charge is 0.307 e. The normalized spacial score (nSPS) is 11.1. The topological polar surface area (TPSA) is 49.9 Å². The number of nitrogens with zero attached hydrogens (tertiary/aromatic N) is 2. The third kappa shape index (κ3) is 8.50. The molecule has 0 aliphatic heterocycles. The van der Waals surface area contributed by atoms with Gasteiger partial charge in [0.15, 0.2) is 0 Å². The predicted octanol–water partition coefficient (Wildman–Crippen LogP) is 3.48. The summed E-state index contributed by atoms with van der Waals surface area (Å²) < 4.78 is 4.68. The number of benzene rings is 1. The first-order chi connectivity index (χ1) is 12.5. The van der Waals surface area contributed by atoms with E-state index in [-0.39, 0.29) is 18.3 Å². The first kappa shape index (κ1) is 22.2. The monoisotopic (exact) mass is 380 g/mol. The highest BCUT2D eigenvalue weighted by atomic mass is 35.5. The fraction of sp³-hybridized carbons (Fsp3) is 0.500. The van der Waals surface area contributed by atoms with Crippen LogP contribution in [0.2, 0.25) is 5.02 Å². The van der Waals surface area contributed by atoms with Crippen LogP contribution in [-0.2, 0) is 14.3 Å². The number of methoxy groups -OCH3 is 1. The predicted molar refractivity (Wildman–Crippen MR) is 106 cm³/mol. The number of esters is 1. The molecule has 0 aliphatic carbocycles. The molecule has 0 saturated heterocycles. The lowest BCUT2D eigenvalue weighted by molar-refractivity contribution is -0.141. The zero-order valence-electron chi connectivity index (χ0n) is 15.9. The molecule has 6 heteroatoms. The summed E-state index contributed by atoms with van der Waals surface area (Å²) in [4.78, 5) is 28.0. The quantitative estimate of drug-likeness (QED) is 0.435. The maximum atomic E-state index is 12.5. The molecule has 1 amide bonds. The number of halogens is 1. The van der Waals surface area contributed by atoms with Crippen LogP contribution in [0.15, 0.2) is 30.3 Å². The summed E-state index contributed by atoms with van der Waals surface area (Å²) in [5.41, 5.74) is 0.902. The number of carbonyl (C=O) groups excluding carboxylic acids is 2. The van der Waals surface area contributed by atoms with E-state index in [0.29, 0.717) is 18.1 Å². The van der Waals surface area contributed by atoms with E-state index in [0.717, 1.165) is 31.6 Å². The van der Waals surface area contributed by atoms with Gasteiger partial charge < -0.3 is 14.5 Å². The molecule has 0 fully saturated rings. The van der Waals surface area contributed by atoms with Gasteiger partial charge in [0.05, 0.1) is 13.5 Å². The zero-order valence-corrected chi connectivity index (χ0v) is 16.7. The minimum Gasteiger partial charge on any atom is -0.469 e. The molecule has 144 valence electrons. The first-order valence-corrected chi connectivity index (χ1v) is 9.39. The highest BCUT2D eigenvalue weighted by molar-refractivity contribution is 6.30. The van der Waals surface area contributed by atoms with Crippen molar-refractivity contribution in [2.24, 2.45) is 0 Å². The fourth-order valence-electron chi connectivity index (χ4n) is 2.53. The molecule has 5 nitrogen and oxygen atoms in total. The van der Waals surface area contributed by atoms with E-state index in [9.17, 15) is 9.59 Å². The minimum absolute atomic E-state index is 0.108. The molecule has 1 aromatic carbocycles. The largest absolute Gasteiger partial charge is 0.469 e. The second-order valence-electron chi connectivity index (χ2n) is 5.92. The van der Waals surface area contributed by atoms with Gasteiger partial charge in [0, 0.05) is 24.2 Å². The van der Waals surface area contributed by atoms with Crippen molar-refractivity contribution in [3.05, 3.63) is 40.9 Å². The summed E-state index contributed by atoms with van der Waals surface area (Å²) in [5.74, 6) is -0.420. The molecule has 0 heterocycles. The Morgan fingerprint density at radius 2 is 1.73 bits per heavy atom. The molecule has 0 aromatic heterocycles. The zero-order chi connectivity index (χ0) is 19.4. The van der Waals surface area contributed by atoms with Gasteiger partial charge in [-0.15, -0.1) is 0 Å². The lowest BCUT2D eigenvalue weighted by Crippen LogP contribution is -2.35. The highest BCUT2D eigenvalue weighted by Gasteiger charge is 2.13. The van der Waals surface area contributed by atoms with E-state index in [4.69, 9.17) is 11.6 Å². The molecule has 0 saturated carbocycles. The second-order valence-corrected chi connectivity index (χ2v) is 6.35. The number of hydrogen-bond acceptors (Lipinski definition) is 4. The van der Waals surface area contributed by atoms with Crippen LogP contribution in [0.25, 0.3) is 6.08 Å². The van der Waals surface area contributed by atoms with Gasteiger partial charge in [-0.25, -0.2) is 0 Å². The van der Waals surface area contributed by atoms with E-state index >= 15 is 0 Å². The number of amides is 1. The van der Waals surface area contributed by atoms with Gasteiger partial charge >= 0.3 is 5.97 Å². The van der Waals surface area contributed by atoms with E-state index in [1.165, 1.54) is 13.2 Å². The van der Waals surface area contributed by atoms with Gasteiger partial charge in [0.2, 0.25) is 5.91 Å². The van der Waals surface area contributed by atoms with Crippen LogP contribution >= 0.6 is 11.6 Å². The SMILES string of the molecule is CCN(CC)CCCN(CCC(=O)OC)C(=O)/C=C/c1ccc(Cl)cc1. The molecule has 0 bridgehead atoms. The van der Waals surface area contributed by atoms with Crippen molar-refractivity contribution in [1.82, 2.24) is 9.80 Å². The van der Waals surface area contributed by atoms with E-state index in [2.05, 4.69) is 23.5 Å². The van der Waals surface area contributed by atoms with Crippen LogP contribution in [0.4, 0.5) is 0 Å². The van der Waals surface area contributed by atoms with Crippen molar-refractivity contribution in [3.8, 4) is 0 Å². The van der Waals surface area contributed by atoms with E-state index in [1.807, 2.05) is 12.1 Å². The molecule has 1 rings (SSSR count). The Bertz CT molecular complexity index is 583. The number of hydrogen-bond donors (Lipinski definition) is 0. The van der Waals surface area contributed by atoms with Gasteiger partial charge in [-0.1, -0.05) is 37.6 Å². The maximum Gasteiger partial charge on any atom is 0.307 e. The Labute approximate surface area is 161 Å². The van der Waals surface area contributed by atoms with Crippen molar-refractivity contribution in [1.29, 1.82) is 0 Å². The molecular weight excluding hydrogens is 352 g/mol. The summed E-state index contributed by atoms with van der Waals surface area (Å²) in [6, 6.07) is 7.27. The maximum absolute atomic E-state index is 12.5. The highest BCUT2D eigenvalue weighted by Crippen LogP contribution is 2.11. The van der Waals surface area contributed by atoms with Crippen molar-refractivity contribution < 1.29 is 14.3 Å². The third-order valence-electron chi connectivity index (χ3n) is 4.21. The number of carbonyl (C=O) groups is 2. The van der Waals surface area contributed by atoms with Crippen molar-refractivity contribution in [2.45, 2.75) is 26.7 Å². The van der Waals surface area contributed by atoms with Crippen LogP contribution in [0, 0.1) is 0 Å². The fourth-order valence-corrected chi connectivity index (χ4v) is 2.66. The molecule has 0 N–H and O–H groups in total. The van der Waals surface area contributed by atoms with E-state index in [1.54, 1.807) is 23.1 Å². The Morgan fingerprint density at radius 3 is 2.31 bits per heavy atom. The summed E-state index contributed by atoms with van der Waals surface area (Å²) in [5, 5.41) is 0.657. The summed E-state index contributed by atoms with van der Waals surface area (Å²) >= 11 is 5.87. The summed E-state index contributed by atoms with van der Waals surface area (Å²) in [6.07, 6.45) is 4.36. The molecule has 0 spiro atoms. The molecule has 0 aliphatic rings. The average molecular weight is 381 g/mol. The van der Waals surface area contributed by atoms with Crippen molar-refractivity contribution in [2.75, 3.05) is 39.8 Å². The number of rotatable bonds is 11. The van der Waals surface area contributed by atoms with Crippen molar-refractivity contribution >= 4 is 29.6 Å². The Hall–Kier alpha value is -1.85. The van der Waals surface area contributed by atoms with Gasteiger partial charge in [-0.3, -0.25) is 9.59 Å². The van der Waals surface area contributed by atoms with Gasteiger partial charge in [0.25, 0.3) is 0 Å². The van der Waals surface area contributed by atoms with Gasteiger partial charge in [-0.05, 0) is 49.8 Å².